The van der Waals surface area contributed by atoms with E-state index in [1.54, 1.807) is 11.9 Å². The van der Waals surface area contributed by atoms with Crippen LogP contribution in [-0.4, -0.2) is 94.7 Å². The molecule has 0 radical (unpaired) electrons. The van der Waals surface area contributed by atoms with Crippen molar-refractivity contribution < 1.29 is 17.9 Å². The molecule has 7 nitrogen and oxygen atoms in total. The van der Waals surface area contributed by atoms with Crippen molar-refractivity contribution in [3.63, 3.8) is 0 Å². The van der Waals surface area contributed by atoms with E-state index < -0.39 is 9.84 Å². The second kappa shape index (κ2) is 8.24. The number of nitrogens with zero attached hydrogens (tertiary/aromatic N) is 2. The lowest BCUT2D eigenvalue weighted by molar-refractivity contribution is -0.131. The Labute approximate surface area is 132 Å². The Morgan fingerprint density at radius 2 is 2.05 bits per heavy atom. The number of sulfone groups is 1. The first-order valence-corrected chi connectivity index (χ1v) is 9.77. The quantitative estimate of drug-likeness (QED) is 0.599. The van der Waals surface area contributed by atoms with Gasteiger partial charge in [0, 0.05) is 52.2 Å². The van der Waals surface area contributed by atoms with Crippen LogP contribution in [-0.2, 0) is 19.4 Å². The molecule has 22 heavy (non-hydrogen) atoms. The average molecular weight is 333 g/mol. The van der Waals surface area contributed by atoms with Crippen molar-refractivity contribution in [2.24, 2.45) is 0 Å². The number of rotatable bonds is 7. The predicted molar refractivity (Wildman–Crippen MR) is 84.6 cm³/mol. The van der Waals surface area contributed by atoms with Crippen molar-refractivity contribution in [3.05, 3.63) is 0 Å². The lowest BCUT2D eigenvalue weighted by Crippen LogP contribution is -2.41. The lowest BCUT2D eigenvalue weighted by Gasteiger charge is -2.26. The van der Waals surface area contributed by atoms with Crippen molar-refractivity contribution >= 4 is 15.7 Å². The van der Waals surface area contributed by atoms with Gasteiger partial charge in [-0.25, -0.2) is 8.42 Å². The number of amides is 1. The van der Waals surface area contributed by atoms with E-state index in [4.69, 9.17) is 4.74 Å². The van der Waals surface area contributed by atoms with Gasteiger partial charge >= 0.3 is 0 Å². The van der Waals surface area contributed by atoms with Crippen LogP contribution in [0, 0.1) is 0 Å². The second-order valence-corrected chi connectivity index (χ2v) is 8.24. The van der Waals surface area contributed by atoms with Crippen LogP contribution < -0.4 is 5.32 Å². The van der Waals surface area contributed by atoms with E-state index in [-0.39, 0.29) is 23.5 Å². The smallest absolute Gasteiger partial charge is 0.223 e. The summed E-state index contributed by atoms with van der Waals surface area (Å²) in [4.78, 5) is 16.0. The molecule has 0 aliphatic carbocycles. The highest BCUT2D eigenvalue weighted by Crippen LogP contribution is 2.16. The molecule has 1 N–H and O–H groups in total. The molecule has 0 bridgehead atoms. The number of carbonyl (C=O) groups is 1. The highest BCUT2D eigenvalue weighted by atomic mass is 32.2. The van der Waals surface area contributed by atoms with Crippen molar-refractivity contribution in [1.82, 2.24) is 15.1 Å². The van der Waals surface area contributed by atoms with E-state index >= 15 is 0 Å². The Morgan fingerprint density at radius 3 is 2.68 bits per heavy atom. The van der Waals surface area contributed by atoms with Gasteiger partial charge in [0.15, 0.2) is 9.84 Å². The largest absolute Gasteiger partial charge is 0.379 e. The Bertz CT molecular complexity index is 463. The van der Waals surface area contributed by atoms with E-state index in [2.05, 4.69) is 10.2 Å². The van der Waals surface area contributed by atoms with Crippen molar-refractivity contribution in [1.29, 1.82) is 0 Å². The van der Waals surface area contributed by atoms with Gasteiger partial charge < -0.3 is 15.0 Å². The summed E-state index contributed by atoms with van der Waals surface area (Å²) in [5.74, 6) is 0.327. The Kier molecular flexibility index (Phi) is 6.61. The summed E-state index contributed by atoms with van der Waals surface area (Å²) < 4.78 is 28.2. The van der Waals surface area contributed by atoms with Gasteiger partial charge in [-0.1, -0.05) is 0 Å². The fourth-order valence-electron chi connectivity index (χ4n) is 2.84. The number of nitrogens with one attached hydrogen (secondary N) is 1. The summed E-state index contributed by atoms with van der Waals surface area (Å²) in [7, 11) is -1.23. The third-order valence-corrected chi connectivity index (χ3v) is 6.12. The van der Waals surface area contributed by atoms with Crippen LogP contribution in [0.4, 0.5) is 0 Å². The van der Waals surface area contributed by atoms with Gasteiger partial charge in [0.2, 0.25) is 5.91 Å². The maximum atomic E-state index is 12.1. The van der Waals surface area contributed by atoms with E-state index in [9.17, 15) is 13.2 Å². The summed E-state index contributed by atoms with van der Waals surface area (Å²) in [6, 6.07) is -0.147. The predicted octanol–water partition coefficient (Wildman–Crippen LogP) is -1.06. The minimum Gasteiger partial charge on any atom is -0.379 e. The van der Waals surface area contributed by atoms with Gasteiger partial charge in [-0.2, -0.15) is 0 Å². The van der Waals surface area contributed by atoms with Gasteiger partial charge in [0.25, 0.3) is 0 Å². The zero-order valence-electron chi connectivity index (χ0n) is 13.3. The fourth-order valence-corrected chi connectivity index (χ4v) is 4.62. The summed E-state index contributed by atoms with van der Waals surface area (Å²) in [6.07, 6.45) is 0.977. The molecule has 128 valence electrons. The van der Waals surface area contributed by atoms with Gasteiger partial charge in [0.05, 0.1) is 24.7 Å². The summed E-state index contributed by atoms with van der Waals surface area (Å²) in [5, 5.41) is 3.28. The molecule has 0 saturated carbocycles. The number of ether oxygens (including phenoxy) is 1. The second-order valence-electron chi connectivity index (χ2n) is 6.02. The Balaban J connectivity index is 1.57. The first-order chi connectivity index (χ1) is 10.5. The number of hydrogen-bond donors (Lipinski definition) is 1. The zero-order chi connectivity index (χ0) is 16.0. The van der Waals surface area contributed by atoms with Crippen LogP contribution >= 0.6 is 0 Å². The normalized spacial score (nSPS) is 25.2. The SMILES string of the molecule is CN(C(=O)CCNCCN1CCOCC1)C1CCS(=O)(=O)C1. The number of morpholine rings is 1. The molecule has 2 aliphatic heterocycles. The molecule has 1 atom stereocenters. The van der Waals surface area contributed by atoms with Crippen LogP contribution in [0.15, 0.2) is 0 Å². The molecule has 1 amide bonds. The topological polar surface area (TPSA) is 79.0 Å². The lowest BCUT2D eigenvalue weighted by atomic mass is 10.2. The standard InChI is InChI=1S/C14H27N3O4S/c1-16(13-3-11-22(19,20)12-13)14(18)2-4-15-5-6-17-7-9-21-10-8-17/h13,15H,2-12H2,1H3. The number of carbonyl (C=O) groups excluding carboxylic acids is 1. The van der Waals surface area contributed by atoms with Gasteiger partial charge in [-0.15, -0.1) is 0 Å². The molecule has 2 heterocycles. The maximum Gasteiger partial charge on any atom is 0.223 e. The van der Waals surface area contributed by atoms with Crippen LogP contribution in [0.3, 0.4) is 0 Å². The first-order valence-electron chi connectivity index (χ1n) is 7.95. The highest BCUT2D eigenvalue weighted by molar-refractivity contribution is 7.91. The zero-order valence-corrected chi connectivity index (χ0v) is 14.1. The van der Waals surface area contributed by atoms with Crippen LogP contribution in [0.2, 0.25) is 0 Å². The molecule has 2 fully saturated rings. The van der Waals surface area contributed by atoms with E-state index in [0.29, 0.717) is 19.4 Å². The molecule has 2 aliphatic rings. The first kappa shape index (κ1) is 17.7. The molecule has 8 heteroatoms. The van der Waals surface area contributed by atoms with E-state index in [1.807, 2.05) is 0 Å². The van der Waals surface area contributed by atoms with Crippen molar-refractivity contribution in [3.8, 4) is 0 Å². The molecule has 2 saturated heterocycles. The van der Waals surface area contributed by atoms with E-state index in [1.165, 1.54) is 0 Å². The highest BCUT2D eigenvalue weighted by Gasteiger charge is 2.32. The van der Waals surface area contributed by atoms with Gasteiger partial charge in [0.1, 0.15) is 0 Å². The van der Waals surface area contributed by atoms with Crippen LogP contribution in [0.5, 0.6) is 0 Å². The average Bonchev–Trinajstić information content (AvgIpc) is 2.87. The molecule has 1 unspecified atom stereocenters. The minimum atomic E-state index is -2.94. The molecule has 0 aromatic heterocycles. The van der Waals surface area contributed by atoms with Crippen molar-refractivity contribution in [2.45, 2.75) is 18.9 Å². The van der Waals surface area contributed by atoms with Crippen molar-refractivity contribution in [2.75, 3.05) is 64.5 Å². The van der Waals surface area contributed by atoms with Crippen LogP contribution in [0.1, 0.15) is 12.8 Å². The molecule has 2 rings (SSSR count). The molecular weight excluding hydrogens is 306 g/mol. The summed E-state index contributed by atoms with van der Waals surface area (Å²) in [6.45, 7) is 6.00. The van der Waals surface area contributed by atoms with E-state index in [0.717, 1.165) is 39.4 Å². The third-order valence-electron chi connectivity index (χ3n) is 4.37. The minimum absolute atomic E-state index is 0.0148. The molecule has 0 spiro atoms. The number of hydrogen-bond acceptors (Lipinski definition) is 6. The monoisotopic (exact) mass is 333 g/mol. The van der Waals surface area contributed by atoms with Gasteiger partial charge in [-0.05, 0) is 6.42 Å². The molecule has 0 aromatic rings. The fraction of sp³-hybridized carbons (Fsp3) is 0.929. The third kappa shape index (κ3) is 5.49. The maximum absolute atomic E-state index is 12.1. The van der Waals surface area contributed by atoms with Gasteiger partial charge in [-0.3, -0.25) is 9.69 Å². The Morgan fingerprint density at radius 1 is 1.32 bits per heavy atom. The van der Waals surface area contributed by atoms with Crippen LogP contribution in [0.25, 0.3) is 0 Å². The molecule has 0 aromatic carbocycles. The molecular formula is C14H27N3O4S. The summed E-state index contributed by atoms with van der Waals surface area (Å²) in [5.41, 5.74) is 0. The summed E-state index contributed by atoms with van der Waals surface area (Å²) >= 11 is 0. The Hall–Kier alpha value is -0.700.